The van der Waals surface area contributed by atoms with Crippen molar-refractivity contribution in [2.75, 3.05) is 0 Å². The van der Waals surface area contributed by atoms with Crippen LogP contribution in [0.5, 0.6) is 0 Å². The molecular formula is C17H19BrO2. The molecule has 0 radical (unpaired) electrons. The molecule has 0 spiro atoms. The van der Waals surface area contributed by atoms with Crippen LogP contribution in [-0.4, -0.2) is 11.1 Å². The molecule has 0 heterocycles. The third-order valence-corrected chi connectivity index (χ3v) is 4.35. The molecule has 0 saturated carbocycles. The summed E-state index contributed by atoms with van der Waals surface area (Å²) < 4.78 is 1.10. The van der Waals surface area contributed by atoms with Gasteiger partial charge in [0.2, 0.25) is 0 Å². The Labute approximate surface area is 127 Å². The number of carboxylic acid groups (broad SMARTS) is 1. The number of carboxylic acids is 1. The number of halogens is 1. The van der Waals surface area contributed by atoms with Gasteiger partial charge >= 0.3 is 5.97 Å². The summed E-state index contributed by atoms with van der Waals surface area (Å²) in [6.07, 6.45) is 1.97. The molecule has 2 aromatic carbocycles. The van der Waals surface area contributed by atoms with E-state index in [9.17, 15) is 4.79 Å². The van der Waals surface area contributed by atoms with Crippen molar-refractivity contribution in [1.82, 2.24) is 0 Å². The zero-order chi connectivity index (χ0) is 14.8. The SMILES string of the molecule is CC(C)(CCc1ccc(Br)c2ccccc12)CC(=O)O. The van der Waals surface area contributed by atoms with Crippen molar-refractivity contribution in [2.45, 2.75) is 33.1 Å². The van der Waals surface area contributed by atoms with E-state index in [0.717, 1.165) is 17.3 Å². The van der Waals surface area contributed by atoms with Crippen LogP contribution in [0.3, 0.4) is 0 Å². The largest absolute Gasteiger partial charge is 0.481 e. The maximum absolute atomic E-state index is 10.9. The predicted molar refractivity (Wildman–Crippen MR) is 86.0 cm³/mol. The van der Waals surface area contributed by atoms with Crippen LogP contribution in [0.1, 0.15) is 32.3 Å². The second-order valence-corrected chi connectivity index (χ2v) is 6.84. The lowest BCUT2D eigenvalue weighted by Gasteiger charge is -2.22. The molecule has 3 heteroatoms. The summed E-state index contributed by atoms with van der Waals surface area (Å²) in [6, 6.07) is 12.5. The predicted octanol–water partition coefficient (Wildman–Crippen LogP) is 5.04. The first-order valence-corrected chi connectivity index (χ1v) is 7.56. The molecule has 0 saturated heterocycles. The molecule has 0 unspecified atom stereocenters. The maximum atomic E-state index is 10.9. The quantitative estimate of drug-likeness (QED) is 0.831. The standard InChI is InChI=1S/C17H19BrO2/c1-17(2,11-16(19)20)10-9-12-7-8-15(18)14-6-4-3-5-13(12)14/h3-8H,9-11H2,1-2H3,(H,19,20). The second-order valence-electron chi connectivity index (χ2n) is 5.99. The number of aryl methyl sites for hydroxylation is 1. The van der Waals surface area contributed by atoms with Crippen LogP contribution in [0.15, 0.2) is 40.9 Å². The van der Waals surface area contributed by atoms with Gasteiger partial charge in [-0.2, -0.15) is 0 Å². The lowest BCUT2D eigenvalue weighted by molar-refractivity contribution is -0.139. The Kier molecular flexibility index (Phi) is 4.48. The van der Waals surface area contributed by atoms with Crippen LogP contribution in [0.4, 0.5) is 0 Å². The molecule has 0 aromatic heterocycles. The zero-order valence-electron chi connectivity index (χ0n) is 11.8. The Morgan fingerprint density at radius 2 is 1.80 bits per heavy atom. The summed E-state index contributed by atoms with van der Waals surface area (Å²) in [5.41, 5.74) is 1.10. The van der Waals surface area contributed by atoms with Gasteiger partial charge in [-0.3, -0.25) is 4.79 Å². The van der Waals surface area contributed by atoms with Crippen molar-refractivity contribution in [3.8, 4) is 0 Å². The highest BCUT2D eigenvalue weighted by Gasteiger charge is 2.21. The number of carbonyl (C=O) groups is 1. The van der Waals surface area contributed by atoms with E-state index in [2.05, 4.69) is 40.2 Å². The number of hydrogen-bond acceptors (Lipinski definition) is 1. The number of rotatable bonds is 5. The first-order valence-electron chi connectivity index (χ1n) is 6.77. The van der Waals surface area contributed by atoms with Gasteiger partial charge in [0.05, 0.1) is 6.42 Å². The molecule has 0 bridgehead atoms. The minimum absolute atomic E-state index is 0.181. The molecule has 0 amide bonds. The molecule has 0 aliphatic heterocycles. The summed E-state index contributed by atoms with van der Waals surface area (Å²) in [5.74, 6) is -0.726. The third kappa shape index (κ3) is 3.60. The Hall–Kier alpha value is -1.35. The summed E-state index contributed by atoms with van der Waals surface area (Å²) in [4.78, 5) is 10.9. The minimum Gasteiger partial charge on any atom is -0.481 e. The van der Waals surface area contributed by atoms with E-state index in [0.29, 0.717) is 0 Å². The number of aliphatic carboxylic acids is 1. The van der Waals surface area contributed by atoms with E-state index in [1.54, 1.807) is 0 Å². The zero-order valence-corrected chi connectivity index (χ0v) is 13.4. The Morgan fingerprint density at radius 1 is 1.15 bits per heavy atom. The minimum atomic E-state index is -0.726. The lowest BCUT2D eigenvalue weighted by Crippen LogP contribution is -2.17. The van der Waals surface area contributed by atoms with Crippen LogP contribution >= 0.6 is 15.9 Å². The highest BCUT2D eigenvalue weighted by atomic mass is 79.9. The first-order chi connectivity index (χ1) is 9.39. The fourth-order valence-electron chi connectivity index (χ4n) is 2.51. The number of hydrogen-bond donors (Lipinski definition) is 1. The molecule has 106 valence electrons. The van der Waals surface area contributed by atoms with Crippen LogP contribution in [0.25, 0.3) is 10.8 Å². The molecule has 0 fully saturated rings. The van der Waals surface area contributed by atoms with E-state index in [1.807, 2.05) is 26.0 Å². The van der Waals surface area contributed by atoms with Crippen molar-refractivity contribution < 1.29 is 9.90 Å². The smallest absolute Gasteiger partial charge is 0.303 e. The van der Waals surface area contributed by atoms with Crippen molar-refractivity contribution >= 4 is 32.7 Å². The molecule has 2 aromatic rings. The molecular weight excluding hydrogens is 316 g/mol. The number of fused-ring (bicyclic) bond motifs is 1. The van der Waals surface area contributed by atoms with Gasteiger partial charge in [0, 0.05) is 4.47 Å². The van der Waals surface area contributed by atoms with Gasteiger partial charge < -0.3 is 5.11 Å². The fourth-order valence-corrected chi connectivity index (χ4v) is 2.99. The topological polar surface area (TPSA) is 37.3 Å². The van der Waals surface area contributed by atoms with Crippen molar-refractivity contribution in [3.05, 3.63) is 46.4 Å². The van der Waals surface area contributed by atoms with Gasteiger partial charge in [0.1, 0.15) is 0 Å². The van der Waals surface area contributed by atoms with Crippen molar-refractivity contribution in [2.24, 2.45) is 5.41 Å². The van der Waals surface area contributed by atoms with E-state index in [4.69, 9.17) is 5.11 Å². The summed E-state index contributed by atoms with van der Waals surface area (Å²) >= 11 is 3.58. The van der Waals surface area contributed by atoms with Crippen LogP contribution in [-0.2, 0) is 11.2 Å². The molecule has 2 rings (SSSR count). The highest BCUT2D eigenvalue weighted by Crippen LogP contribution is 2.31. The lowest BCUT2D eigenvalue weighted by atomic mass is 9.82. The molecule has 20 heavy (non-hydrogen) atoms. The molecule has 2 nitrogen and oxygen atoms in total. The van der Waals surface area contributed by atoms with Crippen molar-refractivity contribution in [3.63, 3.8) is 0 Å². The molecule has 0 atom stereocenters. The summed E-state index contributed by atoms with van der Waals surface area (Å²) in [5, 5.41) is 11.4. The van der Waals surface area contributed by atoms with Crippen molar-refractivity contribution in [1.29, 1.82) is 0 Å². The average Bonchev–Trinajstić information content (AvgIpc) is 2.37. The van der Waals surface area contributed by atoms with E-state index in [1.165, 1.54) is 16.3 Å². The number of benzene rings is 2. The normalized spacial score (nSPS) is 11.8. The van der Waals surface area contributed by atoms with Gasteiger partial charge in [-0.1, -0.05) is 60.1 Å². The van der Waals surface area contributed by atoms with Gasteiger partial charge in [-0.15, -0.1) is 0 Å². The molecule has 0 aliphatic rings. The first kappa shape index (κ1) is 15.0. The van der Waals surface area contributed by atoms with E-state index >= 15 is 0 Å². The van der Waals surface area contributed by atoms with Gasteiger partial charge in [0.15, 0.2) is 0 Å². The van der Waals surface area contributed by atoms with Gasteiger partial charge in [0.25, 0.3) is 0 Å². The maximum Gasteiger partial charge on any atom is 0.303 e. The van der Waals surface area contributed by atoms with Crippen LogP contribution in [0, 0.1) is 5.41 Å². The van der Waals surface area contributed by atoms with E-state index < -0.39 is 5.97 Å². The van der Waals surface area contributed by atoms with Gasteiger partial charge in [-0.25, -0.2) is 0 Å². The van der Waals surface area contributed by atoms with Crippen LogP contribution in [0.2, 0.25) is 0 Å². The Balaban J connectivity index is 2.23. The molecule has 1 N–H and O–H groups in total. The van der Waals surface area contributed by atoms with Crippen LogP contribution < -0.4 is 0 Å². The average molecular weight is 335 g/mol. The summed E-state index contributed by atoms with van der Waals surface area (Å²) in [7, 11) is 0. The van der Waals surface area contributed by atoms with E-state index in [-0.39, 0.29) is 11.8 Å². The molecule has 0 aliphatic carbocycles. The fraction of sp³-hybridized carbons (Fsp3) is 0.353. The highest BCUT2D eigenvalue weighted by molar-refractivity contribution is 9.10. The second kappa shape index (κ2) is 5.96. The Bertz CT molecular complexity index is 632. The Morgan fingerprint density at radius 3 is 2.45 bits per heavy atom. The summed E-state index contributed by atoms with van der Waals surface area (Å²) in [6.45, 7) is 4.03. The third-order valence-electron chi connectivity index (χ3n) is 3.66. The monoisotopic (exact) mass is 334 g/mol. The van der Waals surface area contributed by atoms with Gasteiger partial charge in [-0.05, 0) is 40.7 Å².